The molecule has 2 aromatic carbocycles. The maximum absolute atomic E-state index is 12.5. The van der Waals surface area contributed by atoms with Crippen molar-refractivity contribution < 1.29 is 38.1 Å². The molecule has 9 heteroatoms. The molecule has 0 saturated carbocycles. The van der Waals surface area contributed by atoms with E-state index >= 15 is 0 Å². The van der Waals surface area contributed by atoms with Crippen molar-refractivity contribution in [2.24, 2.45) is 0 Å². The lowest BCUT2D eigenvalue weighted by atomic mass is 9.98. The Bertz CT molecular complexity index is 1160. The quantitative estimate of drug-likeness (QED) is 0.335. The van der Waals surface area contributed by atoms with Crippen LogP contribution >= 0.6 is 0 Å². The van der Waals surface area contributed by atoms with Crippen LogP contribution in [0.25, 0.3) is 11.1 Å². The second-order valence-corrected chi connectivity index (χ2v) is 10.7. The van der Waals surface area contributed by atoms with Crippen LogP contribution in [0.15, 0.2) is 48.5 Å². The van der Waals surface area contributed by atoms with Crippen molar-refractivity contribution in [3.05, 3.63) is 59.7 Å². The minimum atomic E-state index is -0.995. The highest BCUT2D eigenvalue weighted by Gasteiger charge is 2.30. The summed E-state index contributed by atoms with van der Waals surface area (Å²) in [6, 6.07) is 15.0. The van der Waals surface area contributed by atoms with E-state index in [0.717, 1.165) is 22.3 Å². The highest BCUT2D eigenvalue weighted by molar-refractivity contribution is 5.82. The van der Waals surface area contributed by atoms with E-state index in [0.29, 0.717) is 0 Å². The van der Waals surface area contributed by atoms with E-state index in [9.17, 15) is 19.2 Å². The summed E-state index contributed by atoms with van der Waals surface area (Å²) in [5.41, 5.74) is 3.77. The molecule has 1 aliphatic carbocycles. The SMILES string of the molecule is C[C@H](CC(=O)OC(C)(C)C)OC(=O)C[C@@H](C)OC(=O)[C@H](C)NC(=O)OCC1c2ccccc2-c2ccccc21. The van der Waals surface area contributed by atoms with Gasteiger partial charge >= 0.3 is 24.0 Å². The second kappa shape index (κ2) is 12.8. The molecule has 39 heavy (non-hydrogen) atoms. The van der Waals surface area contributed by atoms with Crippen LogP contribution < -0.4 is 5.32 Å². The van der Waals surface area contributed by atoms with E-state index in [-0.39, 0.29) is 25.4 Å². The number of carbonyl (C=O) groups is 4. The summed E-state index contributed by atoms with van der Waals surface area (Å²) in [6.07, 6.45) is -2.53. The summed E-state index contributed by atoms with van der Waals surface area (Å²) in [4.78, 5) is 49.0. The zero-order valence-corrected chi connectivity index (χ0v) is 23.3. The Kier molecular flexibility index (Phi) is 9.72. The lowest BCUT2D eigenvalue weighted by molar-refractivity contribution is -0.162. The average Bonchev–Trinajstić information content (AvgIpc) is 3.14. The number of amides is 1. The summed E-state index contributed by atoms with van der Waals surface area (Å²) < 4.78 is 21.2. The number of hydrogen-bond acceptors (Lipinski definition) is 8. The number of esters is 3. The Balaban J connectivity index is 1.42. The smallest absolute Gasteiger partial charge is 0.407 e. The van der Waals surface area contributed by atoms with Crippen molar-refractivity contribution in [2.45, 2.75) is 84.2 Å². The molecule has 1 N–H and O–H groups in total. The predicted molar refractivity (Wildman–Crippen MR) is 144 cm³/mol. The van der Waals surface area contributed by atoms with Gasteiger partial charge in [0.2, 0.25) is 0 Å². The van der Waals surface area contributed by atoms with Crippen LogP contribution in [-0.2, 0) is 33.3 Å². The third kappa shape index (κ3) is 8.56. The Morgan fingerprint density at radius 2 is 1.31 bits per heavy atom. The number of benzene rings is 2. The number of nitrogens with one attached hydrogen (secondary N) is 1. The second-order valence-electron chi connectivity index (χ2n) is 10.7. The highest BCUT2D eigenvalue weighted by Crippen LogP contribution is 2.44. The molecule has 3 rings (SSSR count). The summed E-state index contributed by atoms with van der Waals surface area (Å²) in [7, 11) is 0. The third-order valence-corrected chi connectivity index (χ3v) is 6.01. The predicted octanol–water partition coefficient (Wildman–Crippen LogP) is 4.90. The first-order chi connectivity index (χ1) is 18.3. The molecule has 0 fully saturated rings. The fraction of sp³-hybridized carbons (Fsp3) is 0.467. The van der Waals surface area contributed by atoms with Gasteiger partial charge in [-0.15, -0.1) is 0 Å². The summed E-state index contributed by atoms with van der Waals surface area (Å²) in [5, 5.41) is 2.48. The zero-order valence-electron chi connectivity index (χ0n) is 23.3. The molecule has 1 aliphatic rings. The first-order valence-electron chi connectivity index (χ1n) is 13.1. The van der Waals surface area contributed by atoms with Crippen LogP contribution in [0.2, 0.25) is 0 Å². The first-order valence-corrected chi connectivity index (χ1v) is 13.1. The topological polar surface area (TPSA) is 117 Å². The molecule has 0 unspecified atom stereocenters. The molecule has 0 radical (unpaired) electrons. The number of ether oxygens (including phenoxy) is 4. The molecule has 0 bridgehead atoms. The van der Waals surface area contributed by atoms with Crippen LogP contribution in [0.4, 0.5) is 4.79 Å². The molecule has 0 saturated heterocycles. The molecule has 0 spiro atoms. The monoisotopic (exact) mass is 539 g/mol. The summed E-state index contributed by atoms with van der Waals surface area (Å²) >= 11 is 0. The molecule has 3 atom stereocenters. The van der Waals surface area contributed by atoms with E-state index in [2.05, 4.69) is 5.32 Å². The minimum absolute atomic E-state index is 0.0850. The van der Waals surface area contributed by atoms with Crippen LogP contribution in [0.5, 0.6) is 0 Å². The molecule has 0 heterocycles. The number of hydrogen-bond donors (Lipinski definition) is 1. The third-order valence-electron chi connectivity index (χ3n) is 6.01. The molecule has 0 aliphatic heterocycles. The fourth-order valence-electron chi connectivity index (χ4n) is 4.38. The lowest BCUT2D eigenvalue weighted by Gasteiger charge is -2.21. The maximum Gasteiger partial charge on any atom is 0.407 e. The van der Waals surface area contributed by atoms with E-state index < -0.39 is 47.9 Å². The molecule has 9 nitrogen and oxygen atoms in total. The lowest BCUT2D eigenvalue weighted by Crippen LogP contribution is -2.41. The average molecular weight is 540 g/mol. The van der Waals surface area contributed by atoms with Crippen molar-refractivity contribution in [1.82, 2.24) is 5.32 Å². The van der Waals surface area contributed by atoms with Gasteiger partial charge in [0.25, 0.3) is 0 Å². The van der Waals surface area contributed by atoms with Crippen molar-refractivity contribution >= 4 is 24.0 Å². The van der Waals surface area contributed by atoms with Crippen molar-refractivity contribution in [2.75, 3.05) is 6.61 Å². The molecule has 2 aromatic rings. The van der Waals surface area contributed by atoms with Gasteiger partial charge < -0.3 is 24.3 Å². The van der Waals surface area contributed by atoms with Gasteiger partial charge in [0.05, 0.1) is 12.8 Å². The van der Waals surface area contributed by atoms with Crippen LogP contribution in [0.3, 0.4) is 0 Å². The van der Waals surface area contributed by atoms with Gasteiger partial charge in [-0.2, -0.15) is 0 Å². The van der Waals surface area contributed by atoms with E-state index in [4.69, 9.17) is 18.9 Å². The van der Waals surface area contributed by atoms with Gasteiger partial charge in [0.15, 0.2) is 0 Å². The van der Waals surface area contributed by atoms with Gasteiger partial charge in [-0.25, -0.2) is 9.59 Å². The fourth-order valence-corrected chi connectivity index (χ4v) is 4.38. The van der Waals surface area contributed by atoms with E-state index in [1.54, 1.807) is 27.7 Å². The van der Waals surface area contributed by atoms with Gasteiger partial charge in [0, 0.05) is 5.92 Å². The standard InChI is InChI=1S/C30H37NO8/c1-18(16-27(33)39-30(4,5)6)37-26(32)15-19(2)38-28(34)20(3)31-29(35)36-17-25-23-13-9-7-11-21(23)22-12-8-10-14-24(22)25/h7-14,18-20,25H,15-17H2,1-6H3,(H,31,35)/t18-,19-,20+/m1/s1. The zero-order chi connectivity index (χ0) is 28.7. The first kappa shape index (κ1) is 29.7. The Morgan fingerprint density at radius 3 is 1.87 bits per heavy atom. The minimum Gasteiger partial charge on any atom is -0.462 e. The van der Waals surface area contributed by atoms with Crippen molar-refractivity contribution in [1.29, 1.82) is 0 Å². The molecule has 210 valence electrons. The van der Waals surface area contributed by atoms with Gasteiger partial charge in [0.1, 0.15) is 30.5 Å². The van der Waals surface area contributed by atoms with Crippen molar-refractivity contribution in [3.8, 4) is 11.1 Å². The molecule has 0 aromatic heterocycles. The van der Waals surface area contributed by atoms with Crippen LogP contribution in [0, 0.1) is 0 Å². The van der Waals surface area contributed by atoms with Gasteiger partial charge in [-0.3, -0.25) is 9.59 Å². The molecule has 1 amide bonds. The van der Waals surface area contributed by atoms with E-state index in [1.807, 2.05) is 48.5 Å². The number of rotatable bonds is 10. The number of alkyl carbamates (subject to hydrolysis) is 1. The summed E-state index contributed by atoms with van der Waals surface area (Å²) in [6.45, 7) is 9.96. The van der Waals surface area contributed by atoms with Gasteiger partial charge in [-0.05, 0) is 63.8 Å². The largest absolute Gasteiger partial charge is 0.462 e. The van der Waals surface area contributed by atoms with E-state index in [1.165, 1.54) is 13.8 Å². The van der Waals surface area contributed by atoms with Crippen molar-refractivity contribution in [3.63, 3.8) is 0 Å². The number of carbonyl (C=O) groups excluding carboxylic acids is 4. The maximum atomic E-state index is 12.5. The Labute approximate surface area is 229 Å². The molecular weight excluding hydrogens is 502 g/mol. The van der Waals surface area contributed by atoms with Crippen LogP contribution in [-0.4, -0.2) is 54.5 Å². The van der Waals surface area contributed by atoms with Crippen LogP contribution in [0.1, 0.15) is 71.4 Å². The highest BCUT2D eigenvalue weighted by atomic mass is 16.6. The number of fused-ring (bicyclic) bond motifs is 3. The normalized spacial score (nSPS) is 14.7. The summed E-state index contributed by atoms with van der Waals surface area (Å²) in [5.74, 6) is -1.92. The Hall–Kier alpha value is -3.88. The Morgan fingerprint density at radius 1 is 0.795 bits per heavy atom. The molecular formula is C30H37NO8. The van der Waals surface area contributed by atoms with Gasteiger partial charge in [-0.1, -0.05) is 48.5 Å².